The monoisotopic (exact) mass is 343 g/mol. The topological polar surface area (TPSA) is 58.4 Å². The van der Waals surface area contributed by atoms with Gasteiger partial charge in [-0.25, -0.2) is 0 Å². The molecule has 4 nitrogen and oxygen atoms in total. The van der Waals surface area contributed by atoms with E-state index in [0.717, 1.165) is 12.5 Å². The molecule has 0 saturated heterocycles. The average Bonchev–Trinajstić information content (AvgIpc) is 2.48. The Hall–Kier alpha value is -1.60. The van der Waals surface area contributed by atoms with Crippen molar-refractivity contribution in [2.45, 2.75) is 43.4 Å². The molecule has 1 amide bonds. The van der Waals surface area contributed by atoms with E-state index in [2.05, 4.69) is 5.32 Å². The Kier molecular flexibility index (Phi) is 5.87. The summed E-state index contributed by atoms with van der Waals surface area (Å²) in [5.41, 5.74) is 6.11. The van der Waals surface area contributed by atoms with Crippen molar-refractivity contribution >= 4 is 5.91 Å². The fourth-order valence-electron chi connectivity index (χ4n) is 3.17. The highest BCUT2D eigenvalue weighted by atomic mass is 19.4. The molecule has 1 aliphatic rings. The minimum atomic E-state index is -4.35. The fraction of sp³-hybridized carbons (Fsp3) is 0.588. The highest BCUT2D eigenvalue weighted by Crippen LogP contribution is 2.36. The molecule has 2 rings (SSSR count). The van der Waals surface area contributed by atoms with Crippen molar-refractivity contribution in [1.29, 1.82) is 0 Å². The van der Waals surface area contributed by atoms with E-state index in [-0.39, 0.29) is 30.5 Å². The zero-order valence-electron chi connectivity index (χ0n) is 13.9. The molecule has 0 aliphatic heterocycles. The van der Waals surface area contributed by atoms with Crippen LogP contribution in [0.2, 0.25) is 0 Å². The van der Waals surface area contributed by atoms with Gasteiger partial charge in [-0.2, -0.15) is 13.2 Å². The molecule has 1 unspecified atom stereocenters. The Morgan fingerprint density at radius 3 is 2.67 bits per heavy atom. The Morgan fingerprint density at radius 1 is 1.33 bits per heavy atom. The molecule has 0 bridgehead atoms. The molecular formula is C17H24F3N3O. The lowest BCUT2D eigenvalue weighted by atomic mass is 9.78. The molecule has 24 heavy (non-hydrogen) atoms. The molecule has 1 saturated carbocycles. The molecule has 0 aromatic heterocycles. The van der Waals surface area contributed by atoms with Gasteiger partial charge in [-0.15, -0.1) is 0 Å². The van der Waals surface area contributed by atoms with Gasteiger partial charge >= 0.3 is 6.18 Å². The summed E-state index contributed by atoms with van der Waals surface area (Å²) in [5, 5.41) is 2.92. The molecule has 0 radical (unpaired) electrons. The average molecular weight is 343 g/mol. The minimum absolute atomic E-state index is 0.0308. The van der Waals surface area contributed by atoms with Crippen LogP contribution in [0.3, 0.4) is 0 Å². The van der Waals surface area contributed by atoms with Gasteiger partial charge in [-0.1, -0.05) is 18.2 Å². The van der Waals surface area contributed by atoms with E-state index in [1.807, 2.05) is 0 Å². The molecule has 7 heteroatoms. The molecule has 0 heterocycles. The molecule has 0 spiro atoms. The van der Waals surface area contributed by atoms with Crippen LogP contribution in [0.1, 0.15) is 36.3 Å². The molecular weight excluding hydrogens is 319 g/mol. The minimum Gasteiger partial charge on any atom is -0.351 e. The largest absolute Gasteiger partial charge is 0.416 e. The Bertz CT molecular complexity index is 574. The second kappa shape index (κ2) is 7.53. The van der Waals surface area contributed by atoms with Gasteiger partial charge in [0.25, 0.3) is 0 Å². The summed E-state index contributed by atoms with van der Waals surface area (Å²) in [4.78, 5) is 13.7. The third-order valence-electron chi connectivity index (χ3n) is 4.40. The van der Waals surface area contributed by atoms with Crippen LogP contribution in [0.5, 0.6) is 0 Å². The molecule has 1 fully saturated rings. The van der Waals surface area contributed by atoms with Crippen LogP contribution < -0.4 is 11.1 Å². The molecule has 3 N–H and O–H groups in total. The van der Waals surface area contributed by atoms with Gasteiger partial charge in [-0.05, 0) is 50.9 Å². The highest BCUT2D eigenvalue weighted by Gasteiger charge is 2.33. The number of nitrogens with zero attached hydrogens (tertiary/aromatic N) is 1. The summed E-state index contributed by atoms with van der Waals surface area (Å²) in [5.74, 6) is -0.151. The van der Waals surface area contributed by atoms with Crippen LogP contribution in [-0.4, -0.2) is 43.5 Å². The lowest BCUT2D eigenvalue weighted by molar-refractivity contribution is -0.137. The number of carbonyl (C=O) groups is 1. The van der Waals surface area contributed by atoms with Crippen LogP contribution in [0.4, 0.5) is 13.2 Å². The van der Waals surface area contributed by atoms with Crippen molar-refractivity contribution in [3.8, 4) is 0 Å². The Balaban J connectivity index is 2.08. The first kappa shape index (κ1) is 18.7. The number of halogens is 3. The number of hydrogen-bond donors (Lipinski definition) is 2. The van der Waals surface area contributed by atoms with Gasteiger partial charge in [0.05, 0.1) is 12.1 Å². The summed E-state index contributed by atoms with van der Waals surface area (Å²) >= 11 is 0. The van der Waals surface area contributed by atoms with Crippen LogP contribution >= 0.6 is 0 Å². The zero-order valence-corrected chi connectivity index (χ0v) is 13.9. The molecule has 1 aliphatic carbocycles. The second-order valence-corrected chi connectivity index (χ2v) is 6.71. The van der Waals surface area contributed by atoms with Crippen LogP contribution in [0, 0.1) is 0 Å². The van der Waals surface area contributed by atoms with Crippen molar-refractivity contribution in [2.75, 3.05) is 20.6 Å². The number of hydrogen-bond acceptors (Lipinski definition) is 3. The number of amides is 1. The van der Waals surface area contributed by atoms with Crippen LogP contribution in [0.15, 0.2) is 24.3 Å². The third kappa shape index (κ3) is 4.95. The summed E-state index contributed by atoms with van der Waals surface area (Å²) in [6, 6.07) is 5.06. The first-order valence-electron chi connectivity index (χ1n) is 8.03. The highest BCUT2D eigenvalue weighted by molar-refractivity contribution is 5.78. The number of nitrogens with one attached hydrogen (secondary N) is 1. The van der Waals surface area contributed by atoms with E-state index in [9.17, 15) is 18.0 Å². The summed E-state index contributed by atoms with van der Waals surface area (Å²) < 4.78 is 38.7. The van der Waals surface area contributed by atoms with Gasteiger partial charge in [-0.3, -0.25) is 4.79 Å². The number of benzene rings is 1. The first-order chi connectivity index (χ1) is 11.2. The van der Waals surface area contributed by atoms with E-state index < -0.39 is 11.7 Å². The normalized spacial score (nSPS) is 24.9. The van der Waals surface area contributed by atoms with Gasteiger partial charge in [0.1, 0.15) is 0 Å². The van der Waals surface area contributed by atoms with Crippen LogP contribution in [-0.2, 0) is 11.0 Å². The Labute approximate surface area is 140 Å². The van der Waals surface area contributed by atoms with E-state index in [1.54, 1.807) is 25.1 Å². The number of alkyl halides is 3. The number of nitrogens with two attached hydrogens (primary N) is 1. The summed E-state index contributed by atoms with van der Waals surface area (Å²) in [7, 11) is 3.59. The van der Waals surface area contributed by atoms with Crippen molar-refractivity contribution in [3.05, 3.63) is 35.4 Å². The van der Waals surface area contributed by atoms with Crippen LogP contribution in [0.25, 0.3) is 0 Å². The van der Waals surface area contributed by atoms with Crippen molar-refractivity contribution < 1.29 is 18.0 Å². The van der Waals surface area contributed by atoms with E-state index in [4.69, 9.17) is 5.73 Å². The number of carbonyl (C=O) groups excluding carboxylic acids is 1. The smallest absolute Gasteiger partial charge is 0.351 e. The predicted molar refractivity (Wildman–Crippen MR) is 86.5 cm³/mol. The van der Waals surface area contributed by atoms with Crippen molar-refractivity contribution in [3.63, 3.8) is 0 Å². The fourth-order valence-corrected chi connectivity index (χ4v) is 3.17. The second-order valence-electron chi connectivity index (χ2n) is 6.71. The number of rotatable bonds is 4. The van der Waals surface area contributed by atoms with Gasteiger partial charge in [0, 0.05) is 12.1 Å². The Morgan fingerprint density at radius 2 is 2.04 bits per heavy atom. The van der Waals surface area contributed by atoms with E-state index in [1.165, 1.54) is 12.1 Å². The lowest BCUT2D eigenvalue weighted by Crippen LogP contribution is -2.52. The van der Waals surface area contributed by atoms with Gasteiger partial charge < -0.3 is 16.0 Å². The van der Waals surface area contributed by atoms with Gasteiger partial charge in [0.15, 0.2) is 0 Å². The quantitative estimate of drug-likeness (QED) is 0.882. The SMILES string of the molecule is CN(C)CC(=O)NC1C[C@@H](c2cccc(C(F)(F)F)c2)CC[C@@H]1N. The number of likely N-dealkylation sites (N-methyl/N-ethyl adjacent to an activating group) is 1. The molecule has 1 aromatic rings. The maximum atomic E-state index is 12.9. The maximum absolute atomic E-state index is 12.9. The molecule has 134 valence electrons. The van der Waals surface area contributed by atoms with Crippen molar-refractivity contribution in [2.24, 2.45) is 5.73 Å². The van der Waals surface area contributed by atoms with E-state index >= 15 is 0 Å². The predicted octanol–water partition coefficient (Wildman–Crippen LogP) is 2.35. The molecule has 3 atom stereocenters. The molecule has 1 aromatic carbocycles. The summed E-state index contributed by atoms with van der Waals surface area (Å²) in [6.45, 7) is 0.261. The first-order valence-corrected chi connectivity index (χ1v) is 8.03. The zero-order chi connectivity index (χ0) is 17.9. The maximum Gasteiger partial charge on any atom is 0.416 e. The summed E-state index contributed by atoms with van der Waals surface area (Å²) in [6.07, 6.45) is -2.39. The third-order valence-corrected chi connectivity index (χ3v) is 4.40. The van der Waals surface area contributed by atoms with Crippen molar-refractivity contribution in [1.82, 2.24) is 10.2 Å². The standard InChI is InChI=1S/C17H24F3N3O/c1-23(2)10-16(24)22-15-9-12(6-7-14(15)21)11-4-3-5-13(8-11)17(18,19)20/h3-5,8,12,14-15H,6-7,9-10,21H2,1-2H3,(H,22,24)/t12-,14-,15?/m0/s1. The van der Waals surface area contributed by atoms with Gasteiger partial charge in [0.2, 0.25) is 5.91 Å². The van der Waals surface area contributed by atoms with E-state index in [0.29, 0.717) is 18.4 Å². The lowest BCUT2D eigenvalue weighted by Gasteiger charge is -2.35.